The summed E-state index contributed by atoms with van der Waals surface area (Å²) in [6.45, 7) is 4.53. The van der Waals surface area contributed by atoms with Crippen LogP contribution in [0.15, 0.2) is 146 Å². The van der Waals surface area contributed by atoms with Gasteiger partial charge in [-0.15, -0.1) is 0 Å². The molecule has 1 heterocycles. The average Bonchev–Trinajstić information content (AvgIpc) is 3.32. The van der Waals surface area contributed by atoms with E-state index in [1.165, 1.54) is 65.3 Å². The molecule has 0 saturated carbocycles. The highest BCUT2D eigenvalue weighted by Gasteiger charge is 2.49. The molecule has 0 nitrogen and oxygen atoms in total. The Labute approximate surface area is 256 Å². The summed E-state index contributed by atoms with van der Waals surface area (Å²) in [5.74, 6) is 0. The first-order valence-corrected chi connectivity index (χ1v) is 17.0. The summed E-state index contributed by atoms with van der Waals surface area (Å²) in [5.41, 5.74) is 10.3. The number of aryl methyl sites for hydroxylation is 2. The lowest BCUT2D eigenvalue weighted by Gasteiger charge is -2.32. The van der Waals surface area contributed by atoms with E-state index in [4.69, 9.17) is 0 Å². The first-order chi connectivity index (χ1) is 21.1. The van der Waals surface area contributed by atoms with E-state index >= 15 is 0 Å². The van der Waals surface area contributed by atoms with E-state index in [1.807, 2.05) is 0 Å². The van der Waals surface area contributed by atoms with Gasteiger partial charge in [0.15, 0.2) is 8.07 Å². The molecule has 1 heteroatoms. The molecule has 6 aromatic rings. The summed E-state index contributed by atoms with van der Waals surface area (Å²) in [4.78, 5) is 0. The predicted molar refractivity (Wildman–Crippen MR) is 189 cm³/mol. The van der Waals surface area contributed by atoms with Gasteiger partial charge in [0.05, 0.1) is 0 Å². The molecule has 0 N–H and O–H groups in total. The lowest BCUT2D eigenvalue weighted by molar-refractivity contribution is 1.45. The molecule has 0 amide bonds. The van der Waals surface area contributed by atoms with Gasteiger partial charge in [0.2, 0.25) is 0 Å². The van der Waals surface area contributed by atoms with Gasteiger partial charge in [0.1, 0.15) is 0 Å². The average molecular weight is 567 g/mol. The van der Waals surface area contributed by atoms with Gasteiger partial charge in [-0.2, -0.15) is 0 Å². The van der Waals surface area contributed by atoms with Crippen LogP contribution >= 0.6 is 0 Å². The second-order valence-corrected chi connectivity index (χ2v) is 15.2. The van der Waals surface area contributed by atoms with Crippen LogP contribution in [0, 0.1) is 13.8 Å². The second-order valence-electron chi connectivity index (χ2n) is 11.5. The first-order valence-electron chi connectivity index (χ1n) is 15.0. The molecule has 7 rings (SSSR count). The molecule has 1 aliphatic heterocycles. The van der Waals surface area contributed by atoms with Gasteiger partial charge in [-0.1, -0.05) is 158 Å². The minimum Gasteiger partial charge on any atom is -0.0623 e. The van der Waals surface area contributed by atoms with Crippen LogP contribution in [0.5, 0.6) is 0 Å². The molecule has 0 saturated heterocycles. The first kappa shape index (κ1) is 26.9. The van der Waals surface area contributed by atoms with Crippen LogP contribution in [0.25, 0.3) is 35.4 Å². The van der Waals surface area contributed by atoms with Crippen LogP contribution in [0.1, 0.15) is 33.4 Å². The molecule has 206 valence electrons. The molecule has 0 aromatic heterocycles. The Morgan fingerprint density at radius 3 is 1.12 bits per heavy atom. The largest absolute Gasteiger partial charge is 0.180 e. The summed E-state index contributed by atoms with van der Waals surface area (Å²) in [7, 11) is -2.56. The van der Waals surface area contributed by atoms with Crippen molar-refractivity contribution in [2.75, 3.05) is 0 Å². The normalized spacial score (nSPS) is 13.3. The Kier molecular flexibility index (Phi) is 7.10. The third-order valence-corrected chi connectivity index (χ3v) is 13.7. The van der Waals surface area contributed by atoms with Crippen LogP contribution in [-0.4, -0.2) is 8.07 Å². The van der Waals surface area contributed by atoms with Crippen molar-refractivity contribution in [2.24, 2.45) is 0 Å². The summed E-state index contributed by atoms with van der Waals surface area (Å²) in [6.07, 6.45) is 9.02. The number of fused-ring (bicyclic) bond motifs is 3. The molecular formula is C42H34Si. The Hall–Kier alpha value is -4.98. The maximum absolute atomic E-state index is 2.56. The zero-order valence-corrected chi connectivity index (χ0v) is 25.7. The fraction of sp³-hybridized carbons (Fsp3) is 0.0476. The smallest absolute Gasteiger partial charge is 0.0623 e. The van der Waals surface area contributed by atoms with Gasteiger partial charge < -0.3 is 0 Å². The van der Waals surface area contributed by atoms with E-state index in [9.17, 15) is 0 Å². The van der Waals surface area contributed by atoms with Crippen molar-refractivity contribution in [1.29, 1.82) is 0 Å². The van der Waals surface area contributed by atoms with Gasteiger partial charge in [-0.3, -0.25) is 0 Å². The molecule has 0 radical (unpaired) electrons. The lowest BCUT2D eigenvalue weighted by Crippen LogP contribution is -2.72. The fourth-order valence-corrected chi connectivity index (χ4v) is 12.0. The summed E-state index contributed by atoms with van der Waals surface area (Å²) < 4.78 is 0. The van der Waals surface area contributed by atoms with Crippen LogP contribution in [0.2, 0.25) is 0 Å². The van der Waals surface area contributed by atoms with Crippen molar-refractivity contribution in [3.8, 4) is 11.1 Å². The number of hydrogen-bond acceptors (Lipinski definition) is 0. The highest BCUT2D eigenvalue weighted by Crippen LogP contribution is 2.33. The molecule has 43 heavy (non-hydrogen) atoms. The third-order valence-electron chi connectivity index (χ3n) is 8.83. The van der Waals surface area contributed by atoms with Gasteiger partial charge in [0, 0.05) is 0 Å². The van der Waals surface area contributed by atoms with E-state index in [0.717, 1.165) is 0 Å². The van der Waals surface area contributed by atoms with Crippen molar-refractivity contribution in [1.82, 2.24) is 0 Å². The molecule has 0 spiro atoms. The molecule has 0 fully saturated rings. The number of rotatable bonds is 6. The monoisotopic (exact) mass is 566 g/mol. The van der Waals surface area contributed by atoms with Crippen molar-refractivity contribution < 1.29 is 0 Å². The van der Waals surface area contributed by atoms with Crippen LogP contribution in [0.4, 0.5) is 0 Å². The van der Waals surface area contributed by atoms with Gasteiger partial charge in [-0.05, 0) is 91.2 Å². The van der Waals surface area contributed by atoms with Crippen LogP contribution in [-0.2, 0) is 0 Å². The van der Waals surface area contributed by atoms with E-state index in [2.05, 4.69) is 184 Å². The predicted octanol–water partition coefficient (Wildman–Crippen LogP) is 8.00. The summed E-state index contributed by atoms with van der Waals surface area (Å²) >= 11 is 0. The van der Waals surface area contributed by atoms with Gasteiger partial charge >= 0.3 is 0 Å². The quantitative estimate of drug-likeness (QED) is 0.141. The molecule has 0 bridgehead atoms. The van der Waals surface area contributed by atoms with Crippen LogP contribution in [0.3, 0.4) is 0 Å². The van der Waals surface area contributed by atoms with E-state index < -0.39 is 8.07 Å². The van der Waals surface area contributed by atoms with Crippen molar-refractivity contribution >= 4 is 53.1 Å². The Morgan fingerprint density at radius 1 is 0.395 bits per heavy atom. The highest BCUT2D eigenvalue weighted by atomic mass is 28.3. The van der Waals surface area contributed by atoms with Crippen LogP contribution < -0.4 is 20.7 Å². The zero-order chi connectivity index (χ0) is 29.2. The highest BCUT2D eigenvalue weighted by molar-refractivity contribution is 7.22. The molecule has 6 aromatic carbocycles. The van der Waals surface area contributed by atoms with E-state index in [-0.39, 0.29) is 0 Å². The molecule has 0 aliphatic carbocycles. The van der Waals surface area contributed by atoms with Crippen molar-refractivity contribution in [2.45, 2.75) is 13.8 Å². The van der Waals surface area contributed by atoms with Crippen molar-refractivity contribution in [3.05, 3.63) is 179 Å². The topological polar surface area (TPSA) is 0 Å². The number of hydrogen-bond donors (Lipinski definition) is 0. The third kappa shape index (κ3) is 4.82. The minimum absolute atomic E-state index is 1.21. The maximum Gasteiger partial charge on any atom is 0.180 e. The minimum atomic E-state index is -2.56. The SMILES string of the molecule is Cc1cc2c(cc1C=Cc1ccccc1)-c1cc(C=Cc3ccccc3)c(C)cc1[Si]2(c1ccccc1)c1ccccc1. The standard InChI is InChI=1S/C42H34Si/c1-31-27-41-39(29-35(31)25-23-33-15-7-3-8-16-33)40-30-36(26-24-34-17-9-4-10-18-34)32(2)28-42(40)43(41,37-19-11-5-12-20-37)38-21-13-6-14-22-38/h3-30H,1-2H3. The fourth-order valence-electron chi connectivity index (χ4n) is 6.69. The zero-order valence-electron chi connectivity index (χ0n) is 24.7. The lowest BCUT2D eigenvalue weighted by atomic mass is 9.96. The van der Waals surface area contributed by atoms with Crippen molar-refractivity contribution in [3.63, 3.8) is 0 Å². The molecule has 1 aliphatic rings. The van der Waals surface area contributed by atoms with E-state index in [1.54, 1.807) is 0 Å². The molecule has 0 atom stereocenters. The number of benzene rings is 6. The summed E-state index contributed by atoms with van der Waals surface area (Å²) in [5, 5.41) is 5.83. The Morgan fingerprint density at radius 2 is 0.744 bits per heavy atom. The Bertz CT molecular complexity index is 1800. The second kappa shape index (κ2) is 11.4. The van der Waals surface area contributed by atoms with Gasteiger partial charge in [-0.25, -0.2) is 0 Å². The summed E-state index contributed by atoms with van der Waals surface area (Å²) in [6, 6.07) is 53.6. The van der Waals surface area contributed by atoms with Gasteiger partial charge in [0.25, 0.3) is 0 Å². The maximum atomic E-state index is 2.50. The molecular weight excluding hydrogens is 533 g/mol. The molecule has 0 unspecified atom stereocenters. The Balaban J connectivity index is 1.50. The van der Waals surface area contributed by atoms with E-state index in [0.29, 0.717) is 0 Å².